The SMILES string of the molecule is COC(C[NH2+]Cc1ccccc1)OC. The second-order valence-electron chi connectivity index (χ2n) is 3.12. The summed E-state index contributed by atoms with van der Waals surface area (Å²) in [6.45, 7) is 1.78. The standard InChI is InChI=1S/C11H17NO2/c1-13-11(14-2)9-12-8-10-6-4-3-5-7-10/h3-7,11-12H,8-9H2,1-2H3/p+1. The van der Waals surface area contributed by atoms with Crippen LogP contribution in [0, 0.1) is 0 Å². The number of hydrogen-bond acceptors (Lipinski definition) is 2. The predicted molar refractivity (Wildman–Crippen MR) is 54.7 cm³/mol. The summed E-state index contributed by atoms with van der Waals surface area (Å²) in [6.07, 6.45) is -0.112. The minimum absolute atomic E-state index is 0.112. The number of methoxy groups -OCH3 is 2. The van der Waals surface area contributed by atoms with E-state index in [0.29, 0.717) is 0 Å². The summed E-state index contributed by atoms with van der Waals surface area (Å²) in [6, 6.07) is 10.4. The van der Waals surface area contributed by atoms with E-state index < -0.39 is 0 Å². The number of quaternary nitrogens is 1. The number of ether oxygens (including phenoxy) is 2. The zero-order chi connectivity index (χ0) is 10.2. The maximum atomic E-state index is 5.08. The van der Waals surface area contributed by atoms with Crippen LogP contribution in [0.25, 0.3) is 0 Å². The molecule has 0 fully saturated rings. The molecule has 0 aliphatic heterocycles. The lowest BCUT2D eigenvalue weighted by molar-refractivity contribution is -0.682. The maximum Gasteiger partial charge on any atom is 0.206 e. The van der Waals surface area contributed by atoms with Gasteiger partial charge in [-0.15, -0.1) is 0 Å². The third-order valence-corrected chi connectivity index (χ3v) is 2.11. The molecule has 0 aliphatic carbocycles. The van der Waals surface area contributed by atoms with Crippen molar-refractivity contribution in [1.29, 1.82) is 0 Å². The summed E-state index contributed by atoms with van der Waals surface area (Å²) in [4.78, 5) is 0. The van der Waals surface area contributed by atoms with E-state index in [4.69, 9.17) is 9.47 Å². The highest BCUT2D eigenvalue weighted by atomic mass is 16.7. The Labute approximate surface area is 85.0 Å². The summed E-state index contributed by atoms with van der Waals surface area (Å²) in [5, 5.41) is 2.17. The van der Waals surface area contributed by atoms with Gasteiger partial charge in [0.1, 0.15) is 13.1 Å². The highest BCUT2D eigenvalue weighted by Gasteiger charge is 2.06. The van der Waals surface area contributed by atoms with Crippen molar-refractivity contribution in [3.8, 4) is 0 Å². The Morgan fingerprint density at radius 2 is 1.79 bits per heavy atom. The molecule has 1 aromatic rings. The zero-order valence-electron chi connectivity index (χ0n) is 8.77. The van der Waals surface area contributed by atoms with Gasteiger partial charge in [0.05, 0.1) is 0 Å². The van der Waals surface area contributed by atoms with Crippen LogP contribution in [0.15, 0.2) is 30.3 Å². The smallest absolute Gasteiger partial charge is 0.206 e. The first-order chi connectivity index (χ1) is 6.86. The molecule has 3 nitrogen and oxygen atoms in total. The molecule has 1 rings (SSSR count). The Bertz CT molecular complexity index is 234. The minimum atomic E-state index is -0.112. The molecule has 14 heavy (non-hydrogen) atoms. The van der Waals surface area contributed by atoms with Crippen molar-refractivity contribution in [3.05, 3.63) is 35.9 Å². The van der Waals surface area contributed by atoms with Crippen molar-refractivity contribution in [2.24, 2.45) is 0 Å². The Morgan fingerprint density at radius 1 is 1.14 bits per heavy atom. The van der Waals surface area contributed by atoms with Crippen molar-refractivity contribution in [1.82, 2.24) is 0 Å². The molecule has 0 saturated heterocycles. The van der Waals surface area contributed by atoms with Gasteiger partial charge in [-0.05, 0) is 0 Å². The van der Waals surface area contributed by atoms with E-state index >= 15 is 0 Å². The van der Waals surface area contributed by atoms with Gasteiger partial charge in [0.25, 0.3) is 0 Å². The van der Waals surface area contributed by atoms with Crippen LogP contribution >= 0.6 is 0 Å². The van der Waals surface area contributed by atoms with Gasteiger partial charge in [0.2, 0.25) is 6.29 Å². The molecule has 0 saturated carbocycles. The van der Waals surface area contributed by atoms with E-state index in [1.54, 1.807) is 14.2 Å². The molecule has 0 unspecified atom stereocenters. The van der Waals surface area contributed by atoms with Crippen molar-refractivity contribution in [3.63, 3.8) is 0 Å². The number of hydrogen-bond donors (Lipinski definition) is 1. The van der Waals surface area contributed by atoms with Crippen LogP contribution in [-0.4, -0.2) is 27.1 Å². The molecule has 0 bridgehead atoms. The number of benzene rings is 1. The van der Waals surface area contributed by atoms with Gasteiger partial charge in [0.15, 0.2) is 0 Å². The summed E-state index contributed by atoms with van der Waals surface area (Å²) >= 11 is 0. The lowest BCUT2D eigenvalue weighted by Gasteiger charge is -2.11. The fraction of sp³-hybridized carbons (Fsp3) is 0.455. The predicted octanol–water partition coefficient (Wildman–Crippen LogP) is 0.369. The zero-order valence-corrected chi connectivity index (χ0v) is 8.77. The van der Waals surface area contributed by atoms with Gasteiger partial charge < -0.3 is 14.8 Å². The van der Waals surface area contributed by atoms with Gasteiger partial charge in [-0.3, -0.25) is 0 Å². The van der Waals surface area contributed by atoms with Crippen LogP contribution in [0.5, 0.6) is 0 Å². The second kappa shape index (κ2) is 6.54. The van der Waals surface area contributed by atoms with E-state index in [2.05, 4.69) is 17.4 Å². The first-order valence-corrected chi connectivity index (χ1v) is 4.78. The average Bonchev–Trinajstić information content (AvgIpc) is 2.26. The van der Waals surface area contributed by atoms with Crippen molar-refractivity contribution < 1.29 is 14.8 Å². The van der Waals surface area contributed by atoms with Crippen LogP contribution < -0.4 is 5.32 Å². The first-order valence-electron chi connectivity index (χ1n) is 4.78. The lowest BCUT2D eigenvalue weighted by Crippen LogP contribution is -2.85. The Balaban J connectivity index is 2.21. The van der Waals surface area contributed by atoms with Gasteiger partial charge in [0, 0.05) is 19.8 Å². The fourth-order valence-corrected chi connectivity index (χ4v) is 1.29. The molecule has 0 heterocycles. The Kier molecular flexibility index (Phi) is 5.22. The van der Waals surface area contributed by atoms with Gasteiger partial charge in [-0.1, -0.05) is 30.3 Å². The molecule has 0 spiro atoms. The summed E-state index contributed by atoms with van der Waals surface area (Å²) in [7, 11) is 3.31. The van der Waals surface area contributed by atoms with E-state index in [-0.39, 0.29) is 6.29 Å². The molecule has 0 aromatic heterocycles. The normalized spacial score (nSPS) is 10.8. The van der Waals surface area contributed by atoms with E-state index in [0.717, 1.165) is 13.1 Å². The molecular formula is C11H18NO2+. The van der Waals surface area contributed by atoms with Crippen LogP contribution in [0.4, 0.5) is 0 Å². The van der Waals surface area contributed by atoms with Gasteiger partial charge in [-0.25, -0.2) is 0 Å². The molecule has 2 N–H and O–H groups in total. The second-order valence-corrected chi connectivity index (χ2v) is 3.12. The number of nitrogens with two attached hydrogens (primary N) is 1. The molecule has 3 heteroatoms. The largest absolute Gasteiger partial charge is 0.351 e. The third-order valence-electron chi connectivity index (χ3n) is 2.11. The summed E-state index contributed by atoms with van der Waals surface area (Å²) in [5.74, 6) is 0. The molecular weight excluding hydrogens is 178 g/mol. The van der Waals surface area contributed by atoms with Crippen LogP contribution in [0.2, 0.25) is 0 Å². The van der Waals surface area contributed by atoms with Crippen molar-refractivity contribution in [2.75, 3.05) is 20.8 Å². The summed E-state index contributed by atoms with van der Waals surface area (Å²) < 4.78 is 10.2. The monoisotopic (exact) mass is 196 g/mol. The average molecular weight is 196 g/mol. The first kappa shape index (κ1) is 11.2. The van der Waals surface area contributed by atoms with Crippen LogP contribution in [0.1, 0.15) is 5.56 Å². The minimum Gasteiger partial charge on any atom is -0.351 e. The van der Waals surface area contributed by atoms with Crippen molar-refractivity contribution >= 4 is 0 Å². The quantitative estimate of drug-likeness (QED) is 0.667. The third kappa shape index (κ3) is 3.87. The molecule has 0 aliphatic rings. The summed E-state index contributed by atoms with van der Waals surface area (Å²) in [5.41, 5.74) is 1.32. The van der Waals surface area contributed by atoms with Gasteiger partial charge >= 0.3 is 0 Å². The Morgan fingerprint density at radius 3 is 2.36 bits per heavy atom. The molecule has 0 amide bonds. The molecule has 0 radical (unpaired) electrons. The molecule has 1 aromatic carbocycles. The van der Waals surface area contributed by atoms with Crippen LogP contribution in [0.3, 0.4) is 0 Å². The van der Waals surface area contributed by atoms with E-state index in [1.807, 2.05) is 18.2 Å². The highest BCUT2D eigenvalue weighted by Crippen LogP contribution is 1.94. The van der Waals surface area contributed by atoms with Crippen molar-refractivity contribution in [2.45, 2.75) is 12.8 Å². The maximum absolute atomic E-state index is 5.08. The van der Waals surface area contributed by atoms with Gasteiger partial charge in [-0.2, -0.15) is 0 Å². The van der Waals surface area contributed by atoms with Crippen LogP contribution in [-0.2, 0) is 16.0 Å². The number of rotatable bonds is 6. The molecule has 0 atom stereocenters. The lowest BCUT2D eigenvalue weighted by atomic mass is 10.2. The topological polar surface area (TPSA) is 35.1 Å². The Hall–Kier alpha value is -0.900. The molecule has 78 valence electrons. The fourth-order valence-electron chi connectivity index (χ4n) is 1.29. The van der Waals surface area contributed by atoms with E-state index in [9.17, 15) is 0 Å². The van der Waals surface area contributed by atoms with E-state index in [1.165, 1.54) is 5.56 Å². The highest BCUT2D eigenvalue weighted by molar-refractivity contribution is 5.12.